The van der Waals surface area contributed by atoms with E-state index in [0.29, 0.717) is 6.54 Å². The molecule has 6 nitrogen and oxygen atoms in total. The average molecular weight is 333 g/mol. The number of aryl methyl sites for hydroxylation is 1. The summed E-state index contributed by atoms with van der Waals surface area (Å²) in [5.41, 5.74) is 2.04. The third-order valence-electron chi connectivity index (χ3n) is 4.43. The van der Waals surface area contributed by atoms with Gasteiger partial charge >= 0.3 is 0 Å². The van der Waals surface area contributed by atoms with Gasteiger partial charge in [-0.25, -0.2) is 9.97 Å². The van der Waals surface area contributed by atoms with Crippen LogP contribution >= 0.6 is 0 Å². The standard InChI is InChI=1S/C19H19N5O/c25-17-13-16(15-5-2-1-3-6-15)18(19-21-7-8-22-19)24(17)11-4-10-23-12-9-20-14-23/h1-3,5-9,12-14,18H,4,10-11H2,(H,21,22). The SMILES string of the molecule is O=C1C=C(c2ccccc2)C(c2ncc[nH]2)N1CCCn1ccnc1. The fourth-order valence-electron chi connectivity index (χ4n) is 3.27. The first kappa shape index (κ1) is 15.4. The predicted octanol–water partition coefficient (Wildman–Crippen LogP) is 2.66. The van der Waals surface area contributed by atoms with Crippen molar-refractivity contribution in [1.82, 2.24) is 24.4 Å². The smallest absolute Gasteiger partial charge is 0.247 e. The Morgan fingerprint density at radius 2 is 2.00 bits per heavy atom. The molecular formula is C19H19N5O. The molecule has 0 radical (unpaired) electrons. The number of rotatable bonds is 6. The maximum Gasteiger partial charge on any atom is 0.247 e. The molecule has 0 saturated carbocycles. The zero-order valence-electron chi connectivity index (χ0n) is 13.7. The van der Waals surface area contributed by atoms with Crippen LogP contribution in [0.3, 0.4) is 0 Å². The van der Waals surface area contributed by atoms with Crippen LogP contribution < -0.4 is 0 Å². The summed E-state index contributed by atoms with van der Waals surface area (Å²) in [7, 11) is 0. The Morgan fingerprint density at radius 3 is 2.72 bits per heavy atom. The van der Waals surface area contributed by atoms with Crippen LogP contribution in [-0.4, -0.2) is 36.9 Å². The number of aromatic amines is 1. The first-order valence-corrected chi connectivity index (χ1v) is 8.35. The maximum atomic E-state index is 12.6. The quantitative estimate of drug-likeness (QED) is 0.754. The number of carbonyl (C=O) groups excluding carboxylic acids is 1. The molecule has 1 N–H and O–H groups in total. The zero-order valence-corrected chi connectivity index (χ0v) is 13.7. The molecule has 3 aromatic rings. The number of imidazole rings is 2. The minimum absolute atomic E-state index is 0.0332. The van der Waals surface area contributed by atoms with Gasteiger partial charge in [-0.1, -0.05) is 30.3 Å². The van der Waals surface area contributed by atoms with E-state index in [1.54, 1.807) is 31.0 Å². The Kier molecular flexibility index (Phi) is 4.16. The molecule has 1 atom stereocenters. The predicted molar refractivity (Wildman–Crippen MR) is 94.3 cm³/mol. The lowest BCUT2D eigenvalue weighted by atomic mass is 9.99. The van der Waals surface area contributed by atoms with Crippen LogP contribution in [0.4, 0.5) is 0 Å². The van der Waals surface area contributed by atoms with Crippen LogP contribution in [0.15, 0.2) is 67.5 Å². The highest BCUT2D eigenvalue weighted by molar-refractivity contribution is 6.02. The van der Waals surface area contributed by atoms with Crippen LogP contribution in [0.1, 0.15) is 23.9 Å². The van der Waals surface area contributed by atoms with Crippen LogP contribution in [0.5, 0.6) is 0 Å². The fourth-order valence-corrected chi connectivity index (χ4v) is 3.27. The second-order valence-corrected chi connectivity index (χ2v) is 6.03. The van der Waals surface area contributed by atoms with Crippen molar-refractivity contribution in [3.05, 3.63) is 78.9 Å². The number of H-pyrrole nitrogens is 1. The normalized spacial score (nSPS) is 17.1. The van der Waals surface area contributed by atoms with Gasteiger partial charge in [0.25, 0.3) is 0 Å². The summed E-state index contributed by atoms with van der Waals surface area (Å²) in [5, 5.41) is 0. The number of amides is 1. The van der Waals surface area contributed by atoms with Crippen molar-refractivity contribution in [2.45, 2.75) is 19.0 Å². The molecule has 1 unspecified atom stereocenters. The number of hydrogen-bond donors (Lipinski definition) is 1. The summed E-state index contributed by atoms with van der Waals surface area (Å²) >= 11 is 0. The first-order chi connectivity index (χ1) is 12.3. The van der Waals surface area contributed by atoms with Crippen LogP contribution in [0, 0.1) is 0 Å². The Bertz CT molecular complexity index is 853. The van der Waals surface area contributed by atoms with Crippen molar-refractivity contribution in [3.63, 3.8) is 0 Å². The Labute approximate surface area is 145 Å². The topological polar surface area (TPSA) is 66.8 Å². The summed E-state index contributed by atoms with van der Waals surface area (Å²) in [6, 6.07) is 9.84. The molecule has 0 bridgehead atoms. The van der Waals surface area contributed by atoms with Crippen molar-refractivity contribution < 1.29 is 4.79 Å². The summed E-state index contributed by atoms with van der Waals surface area (Å²) in [6.45, 7) is 1.49. The highest BCUT2D eigenvalue weighted by Gasteiger charge is 2.35. The molecule has 0 aliphatic carbocycles. The van der Waals surface area contributed by atoms with Crippen LogP contribution in [0.2, 0.25) is 0 Å². The van der Waals surface area contributed by atoms with E-state index in [4.69, 9.17) is 0 Å². The van der Waals surface area contributed by atoms with E-state index in [-0.39, 0.29) is 11.9 Å². The summed E-state index contributed by atoms with van der Waals surface area (Å²) < 4.78 is 2.02. The largest absolute Gasteiger partial charge is 0.347 e. The monoisotopic (exact) mass is 333 g/mol. The van der Waals surface area contributed by atoms with E-state index < -0.39 is 0 Å². The van der Waals surface area contributed by atoms with Crippen molar-refractivity contribution >= 4 is 11.5 Å². The van der Waals surface area contributed by atoms with Gasteiger partial charge in [0.2, 0.25) is 5.91 Å². The molecule has 25 heavy (non-hydrogen) atoms. The number of hydrogen-bond acceptors (Lipinski definition) is 3. The molecule has 126 valence electrons. The molecule has 1 aliphatic rings. The van der Waals surface area contributed by atoms with E-state index in [0.717, 1.165) is 29.9 Å². The zero-order chi connectivity index (χ0) is 17.1. The molecule has 0 saturated heterocycles. The molecule has 1 aromatic carbocycles. The van der Waals surface area contributed by atoms with Gasteiger partial charge in [0.05, 0.1) is 6.33 Å². The Morgan fingerprint density at radius 1 is 1.12 bits per heavy atom. The van der Waals surface area contributed by atoms with Crippen molar-refractivity contribution in [1.29, 1.82) is 0 Å². The molecule has 3 heterocycles. The van der Waals surface area contributed by atoms with Gasteiger partial charge < -0.3 is 14.5 Å². The average Bonchev–Trinajstić information content (AvgIpc) is 3.38. The molecule has 1 aliphatic heterocycles. The van der Waals surface area contributed by atoms with E-state index in [9.17, 15) is 4.79 Å². The van der Waals surface area contributed by atoms with Gasteiger partial charge in [-0.2, -0.15) is 0 Å². The number of carbonyl (C=O) groups is 1. The van der Waals surface area contributed by atoms with Gasteiger partial charge in [-0.3, -0.25) is 4.79 Å². The first-order valence-electron chi connectivity index (χ1n) is 8.35. The molecule has 4 rings (SSSR count). The van der Waals surface area contributed by atoms with Crippen LogP contribution in [0.25, 0.3) is 5.57 Å². The molecular weight excluding hydrogens is 314 g/mol. The number of aromatic nitrogens is 4. The lowest BCUT2D eigenvalue weighted by molar-refractivity contribution is -0.126. The number of nitrogens with zero attached hydrogens (tertiary/aromatic N) is 4. The van der Waals surface area contributed by atoms with Gasteiger partial charge in [0, 0.05) is 44.0 Å². The lowest BCUT2D eigenvalue weighted by Crippen LogP contribution is -2.31. The van der Waals surface area contributed by atoms with Crippen molar-refractivity contribution in [2.24, 2.45) is 0 Å². The molecule has 6 heteroatoms. The molecule has 0 spiro atoms. The second kappa shape index (κ2) is 6.76. The Balaban J connectivity index is 1.57. The summed E-state index contributed by atoms with van der Waals surface area (Å²) in [6.07, 6.45) is 11.6. The van der Waals surface area contributed by atoms with E-state index >= 15 is 0 Å². The Hall–Kier alpha value is -3.15. The lowest BCUT2D eigenvalue weighted by Gasteiger charge is -2.26. The molecule has 2 aromatic heterocycles. The minimum atomic E-state index is -0.173. The van der Waals surface area contributed by atoms with Crippen molar-refractivity contribution in [3.8, 4) is 0 Å². The van der Waals surface area contributed by atoms with Gasteiger partial charge in [-0.15, -0.1) is 0 Å². The fraction of sp³-hybridized carbons (Fsp3) is 0.211. The third-order valence-corrected chi connectivity index (χ3v) is 4.43. The maximum absolute atomic E-state index is 12.6. The highest BCUT2D eigenvalue weighted by Crippen LogP contribution is 2.38. The van der Waals surface area contributed by atoms with E-state index in [1.807, 2.05) is 46.0 Å². The second-order valence-electron chi connectivity index (χ2n) is 6.03. The number of nitrogens with one attached hydrogen (secondary N) is 1. The summed E-state index contributed by atoms with van der Waals surface area (Å²) in [4.78, 5) is 26.2. The van der Waals surface area contributed by atoms with E-state index in [1.165, 1.54) is 0 Å². The minimum Gasteiger partial charge on any atom is -0.347 e. The van der Waals surface area contributed by atoms with Gasteiger partial charge in [-0.05, 0) is 17.6 Å². The highest BCUT2D eigenvalue weighted by atomic mass is 16.2. The third kappa shape index (κ3) is 3.10. The van der Waals surface area contributed by atoms with Crippen molar-refractivity contribution in [2.75, 3.05) is 6.54 Å². The molecule has 0 fully saturated rings. The molecule has 1 amide bonds. The van der Waals surface area contributed by atoms with Crippen LogP contribution in [-0.2, 0) is 11.3 Å². The number of benzene rings is 1. The van der Waals surface area contributed by atoms with E-state index in [2.05, 4.69) is 15.0 Å². The van der Waals surface area contributed by atoms with Gasteiger partial charge in [0.15, 0.2) is 0 Å². The van der Waals surface area contributed by atoms with Gasteiger partial charge in [0.1, 0.15) is 11.9 Å². The summed E-state index contributed by atoms with van der Waals surface area (Å²) in [5.74, 6) is 0.828.